The highest BCUT2D eigenvalue weighted by molar-refractivity contribution is 7.14. The minimum atomic E-state index is -0.106. The summed E-state index contributed by atoms with van der Waals surface area (Å²) in [5, 5.41) is 15.3. The second-order valence-electron chi connectivity index (χ2n) is 6.45. The molecule has 0 spiro atoms. The summed E-state index contributed by atoms with van der Waals surface area (Å²) >= 11 is 15.0. The standard InChI is InChI=1S/C21H16Cl2N4O2S2/c1-2-8-27(21-24-17(12-31-21)13-3-4-15(22)16(23)10-13)19(28)6-5-18-25-26-20(29-18)14-7-9-30-11-14/h2-4,7,9-12H,1,5-6,8H2. The van der Waals surface area contributed by atoms with Crippen molar-refractivity contribution in [1.82, 2.24) is 15.2 Å². The number of rotatable bonds is 8. The smallest absolute Gasteiger partial charge is 0.248 e. The fourth-order valence-electron chi connectivity index (χ4n) is 2.80. The van der Waals surface area contributed by atoms with Gasteiger partial charge < -0.3 is 4.42 Å². The molecule has 3 aromatic heterocycles. The molecule has 1 aromatic carbocycles. The lowest BCUT2D eigenvalue weighted by atomic mass is 10.2. The zero-order valence-corrected chi connectivity index (χ0v) is 19.3. The Hall–Kier alpha value is -2.52. The van der Waals surface area contributed by atoms with E-state index in [-0.39, 0.29) is 12.3 Å². The molecule has 158 valence electrons. The molecule has 0 saturated heterocycles. The lowest BCUT2D eigenvalue weighted by Gasteiger charge is -2.17. The molecule has 0 saturated carbocycles. The van der Waals surface area contributed by atoms with Gasteiger partial charge in [0.05, 0.1) is 15.7 Å². The minimum absolute atomic E-state index is 0.106. The van der Waals surface area contributed by atoms with Crippen molar-refractivity contribution in [3.8, 4) is 22.7 Å². The quantitative estimate of drug-likeness (QED) is 0.268. The predicted molar refractivity (Wildman–Crippen MR) is 126 cm³/mol. The molecule has 6 nitrogen and oxygen atoms in total. The minimum Gasteiger partial charge on any atom is -0.421 e. The number of benzene rings is 1. The predicted octanol–water partition coefficient (Wildman–Crippen LogP) is 6.38. The van der Waals surface area contributed by atoms with Crippen molar-refractivity contribution in [2.45, 2.75) is 12.8 Å². The third-order valence-corrected chi connectivity index (χ3v) is 6.62. The lowest BCUT2D eigenvalue weighted by Crippen LogP contribution is -2.31. The van der Waals surface area contributed by atoms with E-state index in [1.54, 1.807) is 34.4 Å². The molecular weight excluding hydrogens is 475 g/mol. The Kier molecular flexibility index (Phi) is 6.82. The lowest BCUT2D eigenvalue weighted by molar-refractivity contribution is -0.118. The Morgan fingerprint density at radius 3 is 2.77 bits per heavy atom. The first-order chi connectivity index (χ1) is 15.0. The molecule has 1 amide bonds. The Balaban J connectivity index is 1.46. The average Bonchev–Trinajstić information content (AvgIpc) is 3.53. The maximum Gasteiger partial charge on any atom is 0.248 e. The molecule has 0 N–H and O–H groups in total. The molecule has 0 atom stereocenters. The molecule has 0 bridgehead atoms. The molecular formula is C21H16Cl2N4O2S2. The highest BCUT2D eigenvalue weighted by Gasteiger charge is 2.20. The number of hydrogen-bond donors (Lipinski definition) is 0. The van der Waals surface area contributed by atoms with Gasteiger partial charge in [-0.25, -0.2) is 4.98 Å². The fraction of sp³-hybridized carbons (Fsp3) is 0.143. The molecule has 4 aromatic rings. The normalized spacial score (nSPS) is 10.9. The zero-order valence-electron chi connectivity index (χ0n) is 16.1. The van der Waals surface area contributed by atoms with Crippen LogP contribution in [0.4, 0.5) is 5.13 Å². The summed E-state index contributed by atoms with van der Waals surface area (Å²) in [7, 11) is 0. The molecule has 0 radical (unpaired) electrons. The molecule has 31 heavy (non-hydrogen) atoms. The van der Waals surface area contributed by atoms with Gasteiger partial charge in [-0.05, 0) is 23.6 Å². The van der Waals surface area contributed by atoms with Crippen LogP contribution in [0.15, 0.2) is 57.5 Å². The Morgan fingerprint density at radius 2 is 2.03 bits per heavy atom. The van der Waals surface area contributed by atoms with Crippen LogP contribution in [0.1, 0.15) is 12.3 Å². The summed E-state index contributed by atoms with van der Waals surface area (Å²) in [5.74, 6) is 0.770. The van der Waals surface area contributed by atoms with Crippen molar-refractivity contribution in [2.75, 3.05) is 11.4 Å². The Morgan fingerprint density at radius 1 is 1.16 bits per heavy atom. The molecule has 10 heteroatoms. The maximum absolute atomic E-state index is 12.9. The van der Waals surface area contributed by atoms with Crippen molar-refractivity contribution in [2.24, 2.45) is 0 Å². The van der Waals surface area contributed by atoms with Crippen LogP contribution >= 0.6 is 45.9 Å². The first-order valence-electron chi connectivity index (χ1n) is 9.22. The van der Waals surface area contributed by atoms with Crippen LogP contribution in [0.5, 0.6) is 0 Å². The van der Waals surface area contributed by atoms with E-state index in [4.69, 9.17) is 27.6 Å². The number of aryl methyl sites for hydroxylation is 1. The van der Waals surface area contributed by atoms with Gasteiger partial charge in [-0.1, -0.05) is 35.3 Å². The van der Waals surface area contributed by atoms with Gasteiger partial charge in [0.15, 0.2) is 5.13 Å². The second-order valence-corrected chi connectivity index (χ2v) is 8.88. The van der Waals surface area contributed by atoms with Crippen molar-refractivity contribution in [3.63, 3.8) is 0 Å². The molecule has 0 aliphatic carbocycles. The van der Waals surface area contributed by atoms with E-state index < -0.39 is 0 Å². The summed E-state index contributed by atoms with van der Waals surface area (Å²) < 4.78 is 5.66. The van der Waals surface area contributed by atoms with Gasteiger partial charge in [0, 0.05) is 41.3 Å². The number of amides is 1. The number of thiazole rings is 1. The van der Waals surface area contributed by atoms with Crippen molar-refractivity contribution in [1.29, 1.82) is 0 Å². The highest BCUT2D eigenvalue weighted by Crippen LogP contribution is 2.32. The number of anilines is 1. The van der Waals surface area contributed by atoms with Crippen LogP contribution in [0.2, 0.25) is 10.0 Å². The van der Waals surface area contributed by atoms with E-state index in [1.165, 1.54) is 11.3 Å². The van der Waals surface area contributed by atoms with Crippen LogP contribution in [0, 0.1) is 0 Å². The van der Waals surface area contributed by atoms with Crippen LogP contribution < -0.4 is 4.90 Å². The monoisotopic (exact) mass is 490 g/mol. The van der Waals surface area contributed by atoms with Crippen molar-refractivity contribution >= 4 is 56.9 Å². The van der Waals surface area contributed by atoms with Crippen LogP contribution in [-0.4, -0.2) is 27.6 Å². The van der Waals surface area contributed by atoms with Gasteiger partial charge in [0.2, 0.25) is 17.7 Å². The Labute approximate surface area is 196 Å². The largest absolute Gasteiger partial charge is 0.421 e. The van der Waals surface area contributed by atoms with E-state index in [2.05, 4.69) is 21.8 Å². The summed E-state index contributed by atoms with van der Waals surface area (Å²) in [5.41, 5.74) is 2.42. The van der Waals surface area contributed by atoms with E-state index in [0.29, 0.717) is 39.9 Å². The number of carbonyl (C=O) groups is 1. The summed E-state index contributed by atoms with van der Waals surface area (Å²) in [6, 6.07) is 7.23. The summed E-state index contributed by atoms with van der Waals surface area (Å²) in [6.45, 7) is 4.10. The number of carbonyl (C=O) groups excluding carboxylic acids is 1. The zero-order chi connectivity index (χ0) is 21.8. The van der Waals surface area contributed by atoms with E-state index in [1.807, 2.05) is 28.3 Å². The first kappa shape index (κ1) is 21.7. The highest BCUT2D eigenvalue weighted by atomic mass is 35.5. The third-order valence-electron chi connectivity index (χ3n) is 4.34. The molecule has 0 aliphatic heterocycles. The summed E-state index contributed by atoms with van der Waals surface area (Å²) in [4.78, 5) is 19.1. The van der Waals surface area contributed by atoms with E-state index in [9.17, 15) is 4.79 Å². The maximum atomic E-state index is 12.9. The fourth-order valence-corrected chi connectivity index (χ4v) is 4.59. The number of nitrogens with zero attached hydrogens (tertiary/aromatic N) is 4. The SMILES string of the molecule is C=CCN(C(=O)CCc1nnc(-c2ccsc2)o1)c1nc(-c2ccc(Cl)c(Cl)c2)cs1. The van der Waals surface area contributed by atoms with Crippen LogP contribution in [0.25, 0.3) is 22.7 Å². The van der Waals surface area contributed by atoms with Gasteiger partial charge in [0.1, 0.15) is 0 Å². The number of halogens is 2. The van der Waals surface area contributed by atoms with Crippen LogP contribution in [0.3, 0.4) is 0 Å². The van der Waals surface area contributed by atoms with Crippen molar-refractivity contribution in [3.05, 3.63) is 69.0 Å². The molecule has 4 rings (SSSR count). The van der Waals surface area contributed by atoms with E-state index in [0.717, 1.165) is 16.8 Å². The summed E-state index contributed by atoms with van der Waals surface area (Å²) in [6.07, 6.45) is 2.22. The number of thiophene rings is 1. The third kappa shape index (κ3) is 5.04. The topological polar surface area (TPSA) is 72.1 Å². The molecule has 3 heterocycles. The first-order valence-corrected chi connectivity index (χ1v) is 11.8. The molecule has 0 aliphatic rings. The van der Waals surface area contributed by atoms with Gasteiger partial charge in [0.25, 0.3) is 0 Å². The van der Waals surface area contributed by atoms with Crippen molar-refractivity contribution < 1.29 is 9.21 Å². The van der Waals surface area contributed by atoms with Gasteiger partial charge in [-0.2, -0.15) is 11.3 Å². The molecule has 0 fully saturated rings. The van der Waals surface area contributed by atoms with Gasteiger partial charge >= 0.3 is 0 Å². The average molecular weight is 491 g/mol. The van der Waals surface area contributed by atoms with Crippen LogP contribution in [-0.2, 0) is 11.2 Å². The van der Waals surface area contributed by atoms with Gasteiger partial charge in [-0.15, -0.1) is 28.1 Å². The second kappa shape index (κ2) is 9.74. The number of hydrogen-bond acceptors (Lipinski definition) is 7. The van der Waals surface area contributed by atoms with Gasteiger partial charge in [-0.3, -0.25) is 9.69 Å². The Bertz CT molecular complexity index is 1200. The molecule has 0 unspecified atom stereocenters. The van der Waals surface area contributed by atoms with E-state index >= 15 is 0 Å². The number of aromatic nitrogens is 3.